The number of rotatable bonds is 4. The lowest BCUT2D eigenvalue weighted by Gasteiger charge is -2.37. The maximum Gasteiger partial charge on any atom is 0.266 e. The smallest absolute Gasteiger partial charge is 0.266 e. The summed E-state index contributed by atoms with van der Waals surface area (Å²) >= 11 is 0. The molecule has 0 spiro atoms. The summed E-state index contributed by atoms with van der Waals surface area (Å²) in [6.07, 6.45) is 2.45. The fraction of sp³-hybridized carbons (Fsp3) is 0.381. The van der Waals surface area contributed by atoms with Crippen LogP contribution in [0.4, 0.5) is 5.69 Å². The maximum atomic E-state index is 12.4. The number of anilines is 1. The largest absolute Gasteiger partial charge is 0.472 e. The van der Waals surface area contributed by atoms with Crippen molar-refractivity contribution in [1.29, 1.82) is 0 Å². The Kier molecular flexibility index (Phi) is 5.00. The number of aryl methyl sites for hydroxylation is 1. The Morgan fingerprint density at radius 2 is 1.69 bits per heavy atom. The van der Waals surface area contributed by atoms with Gasteiger partial charge in [0.1, 0.15) is 5.75 Å². The van der Waals surface area contributed by atoms with Crippen LogP contribution in [-0.4, -0.2) is 51.1 Å². The number of nitrogens with two attached hydrogens (primary N) is 1. The average Bonchev–Trinajstić information content (AvgIpc) is 2.73. The van der Waals surface area contributed by atoms with Gasteiger partial charge >= 0.3 is 0 Å². The number of primary amides is 1. The molecule has 2 aliphatic rings. The van der Waals surface area contributed by atoms with E-state index in [-0.39, 0.29) is 0 Å². The zero-order chi connectivity index (χ0) is 20.6. The van der Waals surface area contributed by atoms with E-state index in [0.717, 1.165) is 16.8 Å². The summed E-state index contributed by atoms with van der Waals surface area (Å²) < 4.78 is 31.0. The fourth-order valence-corrected chi connectivity index (χ4v) is 4.92. The molecule has 0 bridgehead atoms. The van der Waals surface area contributed by atoms with Crippen LogP contribution >= 0.6 is 0 Å². The molecule has 8 heteroatoms. The van der Waals surface area contributed by atoms with Crippen molar-refractivity contribution in [3.05, 3.63) is 59.7 Å². The number of hydrogen-bond donors (Lipinski definition) is 1. The number of fused-ring (bicyclic) bond motifs is 1. The van der Waals surface area contributed by atoms with Gasteiger partial charge in [-0.25, -0.2) is 8.42 Å². The van der Waals surface area contributed by atoms with E-state index in [0.29, 0.717) is 44.8 Å². The molecule has 2 aromatic carbocycles. The predicted molar refractivity (Wildman–Crippen MR) is 111 cm³/mol. The minimum atomic E-state index is -3.16. The summed E-state index contributed by atoms with van der Waals surface area (Å²) in [7, 11) is -3.16. The van der Waals surface area contributed by atoms with E-state index in [1.807, 2.05) is 48.5 Å². The van der Waals surface area contributed by atoms with Crippen molar-refractivity contribution in [3.63, 3.8) is 0 Å². The lowest BCUT2D eigenvalue weighted by Crippen LogP contribution is -2.49. The highest BCUT2D eigenvalue weighted by Crippen LogP contribution is 2.40. The molecule has 2 aromatic rings. The van der Waals surface area contributed by atoms with E-state index in [9.17, 15) is 13.2 Å². The van der Waals surface area contributed by atoms with Crippen LogP contribution in [0.2, 0.25) is 0 Å². The quantitative estimate of drug-likeness (QED) is 0.816. The third-order valence-corrected chi connectivity index (χ3v) is 7.11. The van der Waals surface area contributed by atoms with Gasteiger partial charge in [0.25, 0.3) is 5.91 Å². The first-order valence-electron chi connectivity index (χ1n) is 9.67. The molecule has 0 aliphatic carbocycles. The van der Waals surface area contributed by atoms with Gasteiger partial charge in [0.2, 0.25) is 15.6 Å². The molecule has 2 heterocycles. The van der Waals surface area contributed by atoms with Crippen LogP contribution in [-0.2, 0) is 26.8 Å². The number of amides is 1. The third-order valence-electron chi connectivity index (χ3n) is 5.81. The molecule has 4 rings (SSSR count). The highest BCUT2D eigenvalue weighted by atomic mass is 32.2. The number of piperazine rings is 1. The number of sulfonamides is 1. The minimum Gasteiger partial charge on any atom is -0.472 e. The number of hydrogen-bond acceptors (Lipinski definition) is 5. The molecule has 154 valence electrons. The number of ether oxygens (including phenoxy) is 1. The summed E-state index contributed by atoms with van der Waals surface area (Å²) in [5.41, 5.74) is 7.40. The molecular formula is C21H25N3O4S. The van der Waals surface area contributed by atoms with Crippen molar-refractivity contribution in [1.82, 2.24) is 4.31 Å². The maximum absolute atomic E-state index is 12.4. The normalized spacial score (nSPS) is 22.6. The van der Waals surface area contributed by atoms with Crippen LogP contribution in [0.15, 0.2) is 48.5 Å². The van der Waals surface area contributed by atoms with Gasteiger partial charge in [-0.05, 0) is 30.2 Å². The van der Waals surface area contributed by atoms with Crippen molar-refractivity contribution in [3.8, 4) is 5.75 Å². The van der Waals surface area contributed by atoms with E-state index in [2.05, 4.69) is 4.90 Å². The van der Waals surface area contributed by atoms with Crippen LogP contribution in [0.5, 0.6) is 5.75 Å². The lowest BCUT2D eigenvalue weighted by atomic mass is 9.84. The lowest BCUT2D eigenvalue weighted by molar-refractivity contribution is -0.136. The summed E-state index contributed by atoms with van der Waals surface area (Å²) in [5, 5.41) is 0. The highest BCUT2D eigenvalue weighted by Gasteiger charge is 2.43. The van der Waals surface area contributed by atoms with Crippen LogP contribution in [0, 0.1) is 0 Å². The molecule has 0 aromatic heterocycles. The van der Waals surface area contributed by atoms with Gasteiger partial charge in [-0.1, -0.05) is 30.3 Å². The van der Waals surface area contributed by atoms with Crippen molar-refractivity contribution < 1.29 is 17.9 Å². The highest BCUT2D eigenvalue weighted by molar-refractivity contribution is 7.88. The summed E-state index contributed by atoms with van der Waals surface area (Å²) in [4.78, 5) is 14.6. The van der Waals surface area contributed by atoms with Gasteiger partial charge in [0.05, 0.1) is 6.26 Å². The van der Waals surface area contributed by atoms with Gasteiger partial charge in [-0.2, -0.15) is 4.31 Å². The standard InChI is InChI=1S/C21H25N3O4S/c1-29(26,27)24-14-12-23(13-15-24)18-8-6-17(7-9-18)21(20(22)25)11-10-16-4-2-3-5-19(16)28-21/h2-9H,10-15H2,1H3,(H2,22,25). The van der Waals surface area contributed by atoms with Crippen LogP contribution in [0.25, 0.3) is 0 Å². The van der Waals surface area contributed by atoms with Crippen molar-refractivity contribution in [2.45, 2.75) is 18.4 Å². The molecule has 0 saturated carbocycles. The van der Waals surface area contributed by atoms with Crippen molar-refractivity contribution in [2.75, 3.05) is 37.3 Å². The van der Waals surface area contributed by atoms with E-state index in [1.54, 1.807) is 0 Å². The first-order chi connectivity index (χ1) is 13.8. The van der Waals surface area contributed by atoms with E-state index >= 15 is 0 Å². The monoisotopic (exact) mass is 415 g/mol. The van der Waals surface area contributed by atoms with Gasteiger partial charge in [0, 0.05) is 43.9 Å². The first kappa shape index (κ1) is 19.7. The molecule has 1 amide bonds. The second-order valence-corrected chi connectivity index (χ2v) is 9.58. The number of carbonyl (C=O) groups is 1. The summed E-state index contributed by atoms with van der Waals surface area (Å²) in [6.45, 7) is 2.17. The van der Waals surface area contributed by atoms with Gasteiger partial charge < -0.3 is 15.4 Å². The molecule has 1 saturated heterocycles. The Morgan fingerprint density at radius 1 is 1.03 bits per heavy atom. The van der Waals surface area contributed by atoms with Crippen LogP contribution in [0.3, 0.4) is 0 Å². The Hall–Kier alpha value is -2.58. The molecule has 29 heavy (non-hydrogen) atoms. The first-order valence-corrected chi connectivity index (χ1v) is 11.5. The van der Waals surface area contributed by atoms with Gasteiger partial charge in [0.15, 0.2) is 0 Å². The number of carbonyl (C=O) groups excluding carboxylic acids is 1. The Bertz CT molecular complexity index is 1010. The molecule has 2 aliphatic heterocycles. The van der Waals surface area contributed by atoms with Gasteiger partial charge in [-0.3, -0.25) is 4.79 Å². The second-order valence-electron chi connectivity index (χ2n) is 7.60. The Morgan fingerprint density at radius 3 is 2.31 bits per heavy atom. The Balaban J connectivity index is 1.55. The molecule has 1 fully saturated rings. The third kappa shape index (κ3) is 3.70. The molecule has 0 radical (unpaired) electrons. The molecule has 2 N–H and O–H groups in total. The molecule has 1 unspecified atom stereocenters. The fourth-order valence-electron chi connectivity index (χ4n) is 4.10. The Labute approximate surface area is 171 Å². The number of benzene rings is 2. The van der Waals surface area contributed by atoms with E-state index in [1.165, 1.54) is 10.6 Å². The zero-order valence-electron chi connectivity index (χ0n) is 16.4. The van der Waals surface area contributed by atoms with E-state index < -0.39 is 21.5 Å². The average molecular weight is 416 g/mol. The topological polar surface area (TPSA) is 92.9 Å². The zero-order valence-corrected chi connectivity index (χ0v) is 17.2. The van der Waals surface area contributed by atoms with E-state index in [4.69, 9.17) is 10.5 Å². The van der Waals surface area contributed by atoms with Gasteiger partial charge in [-0.15, -0.1) is 0 Å². The molecule has 7 nitrogen and oxygen atoms in total. The van der Waals surface area contributed by atoms with Crippen molar-refractivity contribution >= 4 is 21.6 Å². The number of nitrogens with zero attached hydrogens (tertiary/aromatic N) is 2. The van der Waals surface area contributed by atoms with Crippen LogP contribution < -0.4 is 15.4 Å². The second kappa shape index (κ2) is 7.35. The predicted octanol–water partition coefficient (Wildman–Crippen LogP) is 1.47. The summed E-state index contributed by atoms with van der Waals surface area (Å²) in [6, 6.07) is 15.4. The molecular weight excluding hydrogens is 390 g/mol. The minimum absolute atomic E-state index is 0.464. The van der Waals surface area contributed by atoms with Crippen molar-refractivity contribution in [2.24, 2.45) is 5.73 Å². The SMILES string of the molecule is CS(=O)(=O)N1CCN(c2ccc(C3(C(N)=O)CCc4ccccc4O3)cc2)CC1. The molecule has 1 atom stereocenters. The summed E-state index contributed by atoms with van der Waals surface area (Å²) in [5.74, 6) is 0.194. The number of para-hydroxylation sites is 1. The van der Waals surface area contributed by atoms with Crippen LogP contribution in [0.1, 0.15) is 17.5 Å².